The lowest BCUT2D eigenvalue weighted by Crippen LogP contribution is -2.06. The molecule has 9 heteroatoms. The lowest BCUT2D eigenvalue weighted by atomic mass is 10.2. The van der Waals surface area contributed by atoms with Crippen LogP contribution >= 0.6 is 23.2 Å². The zero-order valence-electron chi connectivity index (χ0n) is 16.9. The zero-order chi connectivity index (χ0) is 22.5. The summed E-state index contributed by atoms with van der Waals surface area (Å²) in [4.78, 5) is 17.0. The molecular formula is C23H18Cl2N4O3. The van der Waals surface area contributed by atoms with Crippen molar-refractivity contribution in [2.24, 2.45) is 5.10 Å². The van der Waals surface area contributed by atoms with Gasteiger partial charge < -0.3 is 14.5 Å². The first-order valence-corrected chi connectivity index (χ1v) is 10.5. The van der Waals surface area contributed by atoms with Crippen LogP contribution in [-0.4, -0.2) is 23.8 Å². The van der Waals surface area contributed by atoms with Crippen molar-refractivity contribution < 1.29 is 13.9 Å². The van der Waals surface area contributed by atoms with Gasteiger partial charge in [-0.3, -0.25) is 5.43 Å². The number of fused-ring (bicyclic) bond motifs is 1. The van der Waals surface area contributed by atoms with Gasteiger partial charge in [-0.2, -0.15) is 5.10 Å². The average molecular weight is 469 g/mol. The van der Waals surface area contributed by atoms with E-state index in [1.165, 1.54) is 6.21 Å². The quantitative estimate of drug-likeness (QED) is 0.183. The molecule has 2 heterocycles. The van der Waals surface area contributed by atoms with Crippen molar-refractivity contribution in [2.75, 3.05) is 17.3 Å². The second-order valence-corrected chi connectivity index (χ2v) is 7.41. The number of hydrazone groups is 1. The van der Waals surface area contributed by atoms with E-state index in [4.69, 9.17) is 32.4 Å². The molecule has 2 aromatic carbocycles. The van der Waals surface area contributed by atoms with Gasteiger partial charge in [0.2, 0.25) is 5.88 Å². The van der Waals surface area contributed by atoms with Crippen LogP contribution < -0.4 is 10.7 Å². The highest BCUT2D eigenvalue weighted by molar-refractivity contribution is 6.36. The van der Waals surface area contributed by atoms with Gasteiger partial charge in [0.15, 0.2) is 5.76 Å². The maximum Gasteiger partial charge on any atom is 0.345 e. The molecule has 0 radical (unpaired) electrons. The fourth-order valence-electron chi connectivity index (χ4n) is 2.97. The summed E-state index contributed by atoms with van der Waals surface area (Å²) in [7, 11) is 0. The average Bonchev–Trinajstić information content (AvgIpc) is 3.08. The SMILES string of the molecule is CCOC(=O)c1c(Nc2cccc(Cl)c2)oc(/C=N\Nc2ccc3ccccc3n2)c1Cl. The van der Waals surface area contributed by atoms with Gasteiger partial charge in [-0.25, -0.2) is 9.78 Å². The molecule has 0 aliphatic rings. The van der Waals surface area contributed by atoms with Gasteiger partial charge >= 0.3 is 5.97 Å². The number of ether oxygens (including phenoxy) is 1. The highest BCUT2D eigenvalue weighted by Crippen LogP contribution is 2.34. The Morgan fingerprint density at radius 3 is 2.81 bits per heavy atom. The van der Waals surface area contributed by atoms with E-state index in [9.17, 15) is 4.79 Å². The number of rotatable bonds is 7. The fourth-order valence-corrected chi connectivity index (χ4v) is 3.41. The summed E-state index contributed by atoms with van der Waals surface area (Å²) >= 11 is 12.5. The van der Waals surface area contributed by atoms with Crippen molar-refractivity contribution in [1.82, 2.24) is 4.98 Å². The molecule has 0 saturated carbocycles. The topological polar surface area (TPSA) is 88.8 Å². The van der Waals surface area contributed by atoms with E-state index in [0.29, 0.717) is 16.5 Å². The Bertz CT molecular complexity index is 1300. The first-order valence-electron chi connectivity index (χ1n) is 9.72. The molecule has 7 nitrogen and oxygen atoms in total. The number of hydrogen-bond donors (Lipinski definition) is 2. The molecule has 0 fully saturated rings. The second-order valence-electron chi connectivity index (χ2n) is 6.60. The van der Waals surface area contributed by atoms with Gasteiger partial charge in [-0.05, 0) is 43.3 Å². The summed E-state index contributed by atoms with van der Waals surface area (Å²) in [6.07, 6.45) is 1.37. The van der Waals surface area contributed by atoms with Gasteiger partial charge in [0, 0.05) is 16.1 Å². The van der Waals surface area contributed by atoms with E-state index in [1.54, 1.807) is 37.3 Å². The van der Waals surface area contributed by atoms with E-state index in [0.717, 1.165) is 10.9 Å². The number of furan rings is 1. The van der Waals surface area contributed by atoms with Crippen molar-refractivity contribution in [1.29, 1.82) is 0 Å². The molecule has 0 aliphatic heterocycles. The Labute approximate surface area is 194 Å². The Hall–Kier alpha value is -3.55. The van der Waals surface area contributed by atoms with E-state index in [-0.39, 0.29) is 28.8 Å². The van der Waals surface area contributed by atoms with Crippen molar-refractivity contribution in [3.8, 4) is 0 Å². The van der Waals surface area contributed by atoms with Crippen molar-refractivity contribution in [3.05, 3.63) is 82.0 Å². The molecule has 0 unspecified atom stereocenters. The summed E-state index contributed by atoms with van der Waals surface area (Å²) in [5.41, 5.74) is 4.36. The smallest absolute Gasteiger partial charge is 0.345 e. The lowest BCUT2D eigenvalue weighted by molar-refractivity contribution is 0.0527. The Kier molecular flexibility index (Phi) is 6.58. The molecule has 2 N–H and O–H groups in total. The van der Waals surface area contributed by atoms with Crippen molar-refractivity contribution in [3.63, 3.8) is 0 Å². The number of aromatic nitrogens is 1. The maximum absolute atomic E-state index is 12.5. The predicted molar refractivity (Wildman–Crippen MR) is 127 cm³/mol. The number of nitrogens with zero attached hydrogens (tertiary/aromatic N) is 2. The number of carbonyl (C=O) groups is 1. The van der Waals surface area contributed by atoms with Crippen LogP contribution in [0, 0.1) is 0 Å². The van der Waals surface area contributed by atoms with Crippen LogP contribution in [0.2, 0.25) is 10.0 Å². The minimum absolute atomic E-state index is 0.0683. The van der Waals surface area contributed by atoms with Gasteiger partial charge in [-0.15, -0.1) is 0 Å². The Balaban J connectivity index is 1.60. The number of esters is 1. The van der Waals surface area contributed by atoms with E-state index in [1.807, 2.05) is 30.3 Å². The van der Waals surface area contributed by atoms with E-state index in [2.05, 4.69) is 20.8 Å². The minimum Gasteiger partial charge on any atom is -0.462 e. The Morgan fingerprint density at radius 1 is 1.16 bits per heavy atom. The summed E-state index contributed by atoms with van der Waals surface area (Å²) in [5, 5.41) is 8.78. The summed E-state index contributed by atoms with van der Waals surface area (Å²) < 4.78 is 10.9. The van der Waals surface area contributed by atoms with Crippen LogP contribution in [0.5, 0.6) is 0 Å². The van der Waals surface area contributed by atoms with Gasteiger partial charge in [0.1, 0.15) is 16.4 Å². The summed E-state index contributed by atoms with van der Waals surface area (Å²) in [6, 6.07) is 18.5. The van der Waals surface area contributed by atoms with Crippen LogP contribution in [0.3, 0.4) is 0 Å². The molecule has 0 saturated heterocycles. The number of benzene rings is 2. The molecule has 4 aromatic rings. The van der Waals surface area contributed by atoms with Crippen LogP contribution in [0.15, 0.2) is 70.2 Å². The fraction of sp³-hybridized carbons (Fsp3) is 0.0870. The monoisotopic (exact) mass is 468 g/mol. The highest BCUT2D eigenvalue weighted by Gasteiger charge is 2.25. The summed E-state index contributed by atoms with van der Waals surface area (Å²) in [6.45, 7) is 1.90. The molecule has 2 aromatic heterocycles. The largest absolute Gasteiger partial charge is 0.462 e. The molecule has 0 atom stereocenters. The first-order chi connectivity index (χ1) is 15.5. The number of carbonyl (C=O) groups excluding carboxylic acids is 1. The van der Waals surface area contributed by atoms with Crippen LogP contribution in [-0.2, 0) is 4.74 Å². The first kappa shape index (κ1) is 21.7. The van der Waals surface area contributed by atoms with Crippen LogP contribution in [0.1, 0.15) is 23.0 Å². The number of nitrogens with one attached hydrogen (secondary N) is 2. The maximum atomic E-state index is 12.5. The Morgan fingerprint density at radius 2 is 2.00 bits per heavy atom. The highest BCUT2D eigenvalue weighted by atomic mass is 35.5. The van der Waals surface area contributed by atoms with Gasteiger partial charge in [0.25, 0.3) is 0 Å². The third kappa shape index (κ3) is 4.85. The number of hydrogen-bond acceptors (Lipinski definition) is 7. The number of pyridine rings is 1. The molecule has 4 rings (SSSR count). The molecular weight excluding hydrogens is 451 g/mol. The predicted octanol–water partition coefficient (Wildman–Crippen LogP) is 6.50. The number of halogens is 2. The third-order valence-corrected chi connectivity index (χ3v) is 5.01. The van der Waals surface area contributed by atoms with Crippen LogP contribution in [0.25, 0.3) is 10.9 Å². The van der Waals surface area contributed by atoms with Crippen LogP contribution in [0.4, 0.5) is 17.4 Å². The summed E-state index contributed by atoms with van der Waals surface area (Å²) in [5.74, 6) is 0.230. The minimum atomic E-state index is -0.616. The molecule has 0 bridgehead atoms. The molecule has 0 amide bonds. The number of anilines is 3. The van der Waals surface area contributed by atoms with Gasteiger partial charge in [-0.1, -0.05) is 47.5 Å². The molecule has 32 heavy (non-hydrogen) atoms. The molecule has 0 spiro atoms. The van der Waals surface area contributed by atoms with Gasteiger partial charge in [0.05, 0.1) is 18.3 Å². The standard InChI is InChI=1S/C23H18Cl2N4O3/c1-2-31-23(30)20-21(25)18(32-22(20)27-16-8-5-7-15(24)12-16)13-26-29-19-11-10-14-6-3-4-9-17(14)28-19/h3-13,27H,2H2,1H3,(H,28,29)/b26-13-. The zero-order valence-corrected chi connectivity index (χ0v) is 18.4. The normalized spacial score (nSPS) is 11.1. The number of para-hydroxylation sites is 1. The molecule has 0 aliphatic carbocycles. The van der Waals surface area contributed by atoms with E-state index < -0.39 is 5.97 Å². The second kappa shape index (κ2) is 9.72. The molecule has 162 valence electrons. The van der Waals surface area contributed by atoms with Crippen molar-refractivity contribution >= 4 is 63.7 Å². The van der Waals surface area contributed by atoms with E-state index >= 15 is 0 Å². The lowest BCUT2D eigenvalue weighted by Gasteiger charge is -2.06. The third-order valence-electron chi connectivity index (χ3n) is 4.40. The van der Waals surface area contributed by atoms with Crippen molar-refractivity contribution in [2.45, 2.75) is 6.92 Å².